The van der Waals surface area contributed by atoms with Crippen LogP contribution in [0.3, 0.4) is 0 Å². The summed E-state index contributed by atoms with van der Waals surface area (Å²) in [5.74, 6) is -0.139. The molecule has 0 radical (unpaired) electrons. The Kier molecular flexibility index (Phi) is 6.55. The Labute approximate surface area is 180 Å². The number of hydrogen-bond donors (Lipinski definition) is 1. The first-order valence-electron chi connectivity index (χ1n) is 9.73. The van der Waals surface area contributed by atoms with Crippen molar-refractivity contribution in [2.24, 2.45) is 0 Å². The number of pyridine rings is 1. The van der Waals surface area contributed by atoms with E-state index < -0.39 is 17.4 Å². The number of ether oxygens (including phenoxy) is 2. The van der Waals surface area contributed by atoms with Gasteiger partial charge in [0.15, 0.2) is 5.75 Å². The predicted octanol–water partition coefficient (Wildman–Crippen LogP) is 3.70. The SMILES string of the molecule is COc1ccc(Cn2c(C)c(C)cc(C(=O)Nc3ccccc3OC(C)=O)c2=O)cc1. The highest BCUT2D eigenvalue weighted by Crippen LogP contribution is 2.24. The third-order valence-corrected chi connectivity index (χ3v) is 4.95. The van der Waals surface area contributed by atoms with Crippen LogP contribution in [0.2, 0.25) is 0 Å². The molecule has 3 aromatic rings. The number of methoxy groups -OCH3 is 1. The quantitative estimate of drug-likeness (QED) is 0.485. The summed E-state index contributed by atoms with van der Waals surface area (Å²) < 4.78 is 11.9. The second kappa shape index (κ2) is 9.30. The summed E-state index contributed by atoms with van der Waals surface area (Å²) in [6.07, 6.45) is 0. The minimum atomic E-state index is -0.573. The number of esters is 1. The predicted molar refractivity (Wildman–Crippen MR) is 118 cm³/mol. The number of carbonyl (C=O) groups excluding carboxylic acids is 2. The van der Waals surface area contributed by atoms with Crippen LogP contribution in [0.4, 0.5) is 5.69 Å². The van der Waals surface area contributed by atoms with E-state index >= 15 is 0 Å². The fraction of sp³-hybridized carbons (Fsp3) is 0.208. The number of para-hydroxylation sites is 2. The minimum absolute atomic E-state index is 0.00856. The summed E-state index contributed by atoms with van der Waals surface area (Å²) in [5.41, 5.74) is 2.41. The van der Waals surface area contributed by atoms with Crippen molar-refractivity contribution in [3.63, 3.8) is 0 Å². The molecule has 0 unspecified atom stereocenters. The first kappa shape index (κ1) is 21.8. The molecular weight excluding hydrogens is 396 g/mol. The van der Waals surface area contributed by atoms with Crippen LogP contribution in [0.15, 0.2) is 59.4 Å². The van der Waals surface area contributed by atoms with Crippen molar-refractivity contribution in [3.8, 4) is 11.5 Å². The van der Waals surface area contributed by atoms with Crippen LogP contribution in [0.1, 0.15) is 34.1 Å². The second-order valence-corrected chi connectivity index (χ2v) is 7.11. The number of aryl methyl sites for hydroxylation is 1. The van der Waals surface area contributed by atoms with Crippen LogP contribution in [-0.4, -0.2) is 23.6 Å². The number of anilines is 1. The van der Waals surface area contributed by atoms with E-state index in [4.69, 9.17) is 9.47 Å². The molecule has 0 aliphatic heterocycles. The topological polar surface area (TPSA) is 86.6 Å². The van der Waals surface area contributed by atoms with Crippen LogP contribution in [0.5, 0.6) is 11.5 Å². The zero-order valence-electron chi connectivity index (χ0n) is 17.9. The van der Waals surface area contributed by atoms with Crippen LogP contribution >= 0.6 is 0 Å². The van der Waals surface area contributed by atoms with Crippen molar-refractivity contribution in [2.75, 3.05) is 12.4 Å². The van der Waals surface area contributed by atoms with E-state index in [1.54, 1.807) is 42.0 Å². The van der Waals surface area contributed by atoms with Crippen molar-refractivity contribution in [1.29, 1.82) is 0 Å². The number of amides is 1. The van der Waals surface area contributed by atoms with E-state index in [0.29, 0.717) is 12.2 Å². The third kappa shape index (κ3) is 5.01. The molecule has 0 bridgehead atoms. The number of rotatable bonds is 6. The molecule has 1 heterocycles. The molecule has 7 heteroatoms. The van der Waals surface area contributed by atoms with Crippen molar-refractivity contribution in [1.82, 2.24) is 4.57 Å². The summed E-state index contributed by atoms with van der Waals surface area (Å²) in [7, 11) is 1.59. The summed E-state index contributed by atoms with van der Waals surface area (Å²) >= 11 is 0. The van der Waals surface area contributed by atoms with Gasteiger partial charge in [-0.1, -0.05) is 24.3 Å². The fourth-order valence-corrected chi connectivity index (χ4v) is 3.16. The minimum Gasteiger partial charge on any atom is -0.497 e. The van der Waals surface area contributed by atoms with E-state index in [-0.39, 0.29) is 11.3 Å². The number of carbonyl (C=O) groups is 2. The summed E-state index contributed by atoms with van der Waals surface area (Å²) in [4.78, 5) is 37.4. The average molecular weight is 420 g/mol. The van der Waals surface area contributed by atoms with Crippen LogP contribution in [0, 0.1) is 13.8 Å². The molecule has 0 aliphatic carbocycles. The van der Waals surface area contributed by atoms with Gasteiger partial charge in [0.2, 0.25) is 0 Å². The lowest BCUT2D eigenvalue weighted by Crippen LogP contribution is -2.31. The molecule has 1 aromatic heterocycles. The van der Waals surface area contributed by atoms with Crippen molar-refractivity contribution >= 4 is 17.6 Å². The van der Waals surface area contributed by atoms with Gasteiger partial charge in [-0.05, 0) is 55.3 Å². The van der Waals surface area contributed by atoms with Crippen LogP contribution in [0.25, 0.3) is 0 Å². The number of hydrogen-bond acceptors (Lipinski definition) is 5. The van der Waals surface area contributed by atoms with E-state index in [0.717, 1.165) is 22.6 Å². The zero-order valence-corrected chi connectivity index (χ0v) is 17.9. The van der Waals surface area contributed by atoms with E-state index in [1.165, 1.54) is 6.92 Å². The average Bonchev–Trinajstić information content (AvgIpc) is 2.75. The Hall–Kier alpha value is -3.87. The normalized spacial score (nSPS) is 10.5. The lowest BCUT2D eigenvalue weighted by Gasteiger charge is -2.16. The molecule has 0 saturated carbocycles. The molecule has 160 valence electrons. The number of nitrogens with one attached hydrogen (secondary N) is 1. The number of aromatic nitrogens is 1. The summed E-state index contributed by atoms with van der Waals surface area (Å²) in [6, 6.07) is 15.5. The Morgan fingerprint density at radius 2 is 1.71 bits per heavy atom. The van der Waals surface area contributed by atoms with Gasteiger partial charge in [-0.15, -0.1) is 0 Å². The van der Waals surface area contributed by atoms with Crippen LogP contribution in [-0.2, 0) is 11.3 Å². The Bertz CT molecular complexity index is 1180. The highest BCUT2D eigenvalue weighted by molar-refractivity contribution is 6.05. The van der Waals surface area contributed by atoms with Crippen molar-refractivity contribution in [3.05, 3.63) is 87.3 Å². The number of nitrogens with zero attached hydrogens (tertiary/aromatic N) is 1. The van der Waals surface area contributed by atoms with E-state index in [9.17, 15) is 14.4 Å². The Balaban J connectivity index is 1.94. The monoisotopic (exact) mass is 420 g/mol. The molecule has 7 nitrogen and oxygen atoms in total. The first-order chi connectivity index (χ1) is 14.8. The lowest BCUT2D eigenvalue weighted by molar-refractivity contribution is -0.131. The molecule has 1 N–H and O–H groups in total. The van der Waals surface area contributed by atoms with Gasteiger partial charge in [0, 0.05) is 12.6 Å². The zero-order chi connectivity index (χ0) is 22.5. The first-order valence-corrected chi connectivity index (χ1v) is 9.73. The van der Waals surface area contributed by atoms with Gasteiger partial charge in [-0.25, -0.2) is 0 Å². The summed E-state index contributed by atoms with van der Waals surface area (Å²) in [6.45, 7) is 5.29. The van der Waals surface area contributed by atoms with Gasteiger partial charge in [-0.2, -0.15) is 0 Å². The maximum absolute atomic E-state index is 13.2. The van der Waals surface area contributed by atoms with E-state index in [2.05, 4.69) is 5.32 Å². The van der Waals surface area contributed by atoms with Gasteiger partial charge < -0.3 is 19.4 Å². The number of benzene rings is 2. The van der Waals surface area contributed by atoms with E-state index in [1.807, 2.05) is 38.1 Å². The van der Waals surface area contributed by atoms with Gasteiger partial charge >= 0.3 is 5.97 Å². The Morgan fingerprint density at radius 3 is 2.35 bits per heavy atom. The third-order valence-electron chi connectivity index (χ3n) is 4.95. The second-order valence-electron chi connectivity index (χ2n) is 7.11. The molecule has 3 rings (SSSR count). The molecular formula is C24H24N2O5. The van der Waals surface area contributed by atoms with Crippen molar-refractivity contribution in [2.45, 2.75) is 27.3 Å². The summed E-state index contributed by atoms with van der Waals surface area (Å²) in [5, 5.41) is 2.68. The van der Waals surface area contributed by atoms with Crippen molar-refractivity contribution < 1.29 is 19.1 Å². The fourth-order valence-electron chi connectivity index (χ4n) is 3.16. The standard InChI is InChI=1S/C24H24N2O5/c1-15-13-20(23(28)25-21-7-5-6-8-22(21)31-17(3)27)24(29)26(16(15)2)14-18-9-11-19(30-4)12-10-18/h5-13H,14H2,1-4H3,(H,25,28). The largest absolute Gasteiger partial charge is 0.497 e. The maximum atomic E-state index is 13.2. The maximum Gasteiger partial charge on any atom is 0.308 e. The molecule has 31 heavy (non-hydrogen) atoms. The van der Waals surface area contributed by atoms with Crippen LogP contribution < -0.4 is 20.3 Å². The van der Waals surface area contributed by atoms with Gasteiger partial charge in [0.1, 0.15) is 11.3 Å². The smallest absolute Gasteiger partial charge is 0.308 e. The highest BCUT2D eigenvalue weighted by Gasteiger charge is 2.18. The lowest BCUT2D eigenvalue weighted by atomic mass is 10.1. The molecule has 0 saturated heterocycles. The molecule has 0 fully saturated rings. The Morgan fingerprint density at radius 1 is 1.03 bits per heavy atom. The molecule has 0 spiro atoms. The highest BCUT2D eigenvalue weighted by atomic mass is 16.5. The molecule has 1 amide bonds. The molecule has 0 atom stereocenters. The van der Waals surface area contributed by atoms with Gasteiger partial charge in [-0.3, -0.25) is 14.4 Å². The van der Waals surface area contributed by atoms with Gasteiger partial charge in [0.25, 0.3) is 11.5 Å². The molecule has 0 aliphatic rings. The van der Waals surface area contributed by atoms with Gasteiger partial charge in [0.05, 0.1) is 19.3 Å². The molecule has 2 aromatic carbocycles.